The van der Waals surface area contributed by atoms with Crippen LogP contribution < -0.4 is 5.32 Å². The highest BCUT2D eigenvalue weighted by Gasteiger charge is 2.10. The second-order valence-corrected chi connectivity index (χ2v) is 4.05. The third kappa shape index (κ3) is 3.91. The second kappa shape index (κ2) is 6.47. The molecule has 0 spiro atoms. The maximum absolute atomic E-state index is 11.4. The molecule has 1 aromatic carbocycles. The van der Waals surface area contributed by atoms with E-state index in [9.17, 15) is 4.79 Å². The Morgan fingerprint density at radius 1 is 1.59 bits per heavy atom. The number of ether oxygens (including phenoxy) is 1. The van der Waals surface area contributed by atoms with Gasteiger partial charge in [0.05, 0.1) is 29.5 Å². The summed E-state index contributed by atoms with van der Waals surface area (Å²) in [5.74, 6) is -0.392. The maximum Gasteiger partial charge on any atom is 0.338 e. The van der Waals surface area contributed by atoms with Gasteiger partial charge in [0.25, 0.3) is 0 Å². The lowest BCUT2D eigenvalue weighted by Gasteiger charge is -2.14. The van der Waals surface area contributed by atoms with Gasteiger partial charge in [-0.2, -0.15) is 0 Å². The molecule has 0 bridgehead atoms. The number of halogens is 1. The highest BCUT2D eigenvalue weighted by Crippen LogP contribution is 2.24. The molecule has 2 N–H and O–H groups in total. The average Bonchev–Trinajstić information content (AvgIpc) is 2.31. The smallest absolute Gasteiger partial charge is 0.338 e. The van der Waals surface area contributed by atoms with Gasteiger partial charge in [-0.25, -0.2) is 4.79 Å². The fourth-order valence-electron chi connectivity index (χ4n) is 1.28. The molecule has 0 fully saturated rings. The molecule has 1 atom stereocenters. The minimum Gasteiger partial charge on any atom is -0.462 e. The second-order valence-electron chi connectivity index (χ2n) is 3.64. The van der Waals surface area contributed by atoms with Gasteiger partial charge in [-0.05, 0) is 32.0 Å². The van der Waals surface area contributed by atoms with Crippen molar-refractivity contribution in [2.45, 2.75) is 19.9 Å². The molecule has 0 amide bonds. The molecule has 94 valence electrons. The molecule has 4 nitrogen and oxygen atoms in total. The van der Waals surface area contributed by atoms with E-state index in [1.54, 1.807) is 25.1 Å². The van der Waals surface area contributed by atoms with E-state index in [1.165, 1.54) is 0 Å². The summed E-state index contributed by atoms with van der Waals surface area (Å²) >= 11 is 6.02. The number of hydrogen-bond donors (Lipinski definition) is 2. The van der Waals surface area contributed by atoms with Crippen LogP contribution in [0.2, 0.25) is 5.02 Å². The zero-order chi connectivity index (χ0) is 12.8. The summed E-state index contributed by atoms with van der Waals surface area (Å²) in [6.07, 6.45) is 0. The molecule has 1 rings (SSSR count). The van der Waals surface area contributed by atoms with Crippen LogP contribution in [0.1, 0.15) is 24.2 Å². The van der Waals surface area contributed by atoms with Gasteiger partial charge in [-0.3, -0.25) is 0 Å². The van der Waals surface area contributed by atoms with Crippen LogP contribution in [0, 0.1) is 0 Å². The number of esters is 1. The van der Waals surface area contributed by atoms with E-state index in [1.807, 2.05) is 6.92 Å². The average molecular weight is 258 g/mol. The van der Waals surface area contributed by atoms with Crippen molar-refractivity contribution in [2.75, 3.05) is 18.5 Å². The SMILES string of the molecule is CCOC(=O)c1ccc(NC(C)CO)c(Cl)c1. The Balaban J connectivity index is 2.82. The summed E-state index contributed by atoms with van der Waals surface area (Å²) in [4.78, 5) is 11.4. The monoisotopic (exact) mass is 257 g/mol. The van der Waals surface area contributed by atoms with Crippen LogP contribution in [0.25, 0.3) is 0 Å². The Labute approximate surface area is 106 Å². The maximum atomic E-state index is 11.4. The van der Waals surface area contributed by atoms with Crippen LogP contribution in [-0.2, 0) is 4.74 Å². The number of carbonyl (C=O) groups is 1. The molecule has 0 radical (unpaired) electrons. The van der Waals surface area contributed by atoms with E-state index in [4.69, 9.17) is 21.4 Å². The van der Waals surface area contributed by atoms with Crippen LogP contribution >= 0.6 is 11.6 Å². The topological polar surface area (TPSA) is 58.6 Å². The Hall–Kier alpha value is -1.26. The van der Waals surface area contributed by atoms with E-state index in [-0.39, 0.29) is 12.6 Å². The molecule has 17 heavy (non-hydrogen) atoms. The number of hydrogen-bond acceptors (Lipinski definition) is 4. The van der Waals surface area contributed by atoms with Crippen molar-refractivity contribution < 1.29 is 14.6 Å². The number of carbonyl (C=O) groups excluding carboxylic acids is 1. The van der Waals surface area contributed by atoms with E-state index in [0.717, 1.165) is 0 Å². The summed E-state index contributed by atoms with van der Waals surface area (Å²) in [6.45, 7) is 3.92. The van der Waals surface area contributed by atoms with E-state index in [0.29, 0.717) is 22.9 Å². The lowest BCUT2D eigenvalue weighted by molar-refractivity contribution is 0.0526. The van der Waals surface area contributed by atoms with Crippen molar-refractivity contribution in [1.82, 2.24) is 0 Å². The Morgan fingerprint density at radius 3 is 2.82 bits per heavy atom. The third-order valence-electron chi connectivity index (χ3n) is 2.16. The number of aliphatic hydroxyl groups excluding tert-OH is 1. The number of rotatable bonds is 5. The van der Waals surface area contributed by atoms with Crippen LogP contribution in [0.3, 0.4) is 0 Å². The van der Waals surface area contributed by atoms with Gasteiger partial charge in [0, 0.05) is 6.04 Å². The van der Waals surface area contributed by atoms with Crippen LogP contribution in [-0.4, -0.2) is 30.3 Å². The molecular weight excluding hydrogens is 242 g/mol. The fraction of sp³-hybridized carbons (Fsp3) is 0.417. The van der Waals surface area contributed by atoms with Crippen molar-refractivity contribution in [3.63, 3.8) is 0 Å². The molecule has 0 aliphatic heterocycles. The normalized spacial score (nSPS) is 12.0. The van der Waals surface area contributed by atoms with Gasteiger partial charge in [0.2, 0.25) is 0 Å². The van der Waals surface area contributed by atoms with Crippen molar-refractivity contribution in [1.29, 1.82) is 0 Å². The highest BCUT2D eigenvalue weighted by molar-refractivity contribution is 6.33. The largest absolute Gasteiger partial charge is 0.462 e. The predicted molar refractivity (Wildman–Crippen MR) is 67.6 cm³/mol. The van der Waals surface area contributed by atoms with Crippen molar-refractivity contribution >= 4 is 23.3 Å². The van der Waals surface area contributed by atoms with Gasteiger partial charge >= 0.3 is 5.97 Å². The van der Waals surface area contributed by atoms with Crippen molar-refractivity contribution in [3.8, 4) is 0 Å². The van der Waals surface area contributed by atoms with E-state index in [2.05, 4.69) is 5.32 Å². The molecule has 0 saturated carbocycles. The van der Waals surface area contributed by atoms with Gasteiger partial charge in [0.1, 0.15) is 0 Å². The number of nitrogens with one attached hydrogen (secondary N) is 1. The van der Waals surface area contributed by atoms with Crippen LogP contribution in [0.15, 0.2) is 18.2 Å². The molecule has 0 heterocycles. The first-order valence-electron chi connectivity index (χ1n) is 5.42. The number of anilines is 1. The minimum absolute atomic E-state index is 0.00988. The zero-order valence-corrected chi connectivity index (χ0v) is 10.6. The Morgan fingerprint density at radius 2 is 2.29 bits per heavy atom. The number of aliphatic hydroxyl groups is 1. The molecular formula is C12H16ClNO3. The molecule has 1 unspecified atom stereocenters. The first-order chi connectivity index (χ1) is 8.08. The Bertz CT molecular complexity index is 395. The summed E-state index contributed by atoms with van der Waals surface area (Å²) in [5.41, 5.74) is 1.10. The molecule has 0 aliphatic rings. The van der Waals surface area contributed by atoms with Crippen molar-refractivity contribution in [2.24, 2.45) is 0 Å². The van der Waals surface area contributed by atoms with Crippen molar-refractivity contribution in [3.05, 3.63) is 28.8 Å². The van der Waals surface area contributed by atoms with Crippen LogP contribution in [0.4, 0.5) is 5.69 Å². The Kier molecular flexibility index (Phi) is 5.25. The lowest BCUT2D eigenvalue weighted by Crippen LogP contribution is -2.19. The van der Waals surface area contributed by atoms with E-state index >= 15 is 0 Å². The molecule has 0 aromatic heterocycles. The van der Waals surface area contributed by atoms with E-state index < -0.39 is 5.97 Å². The zero-order valence-electron chi connectivity index (χ0n) is 9.87. The predicted octanol–water partition coefficient (Wildman–Crippen LogP) is 2.31. The molecule has 1 aromatic rings. The molecule has 5 heteroatoms. The molecule has 0 saturated heterocycles. The highest BCUT2D eigenvalue weighted by atomic mass is 35.5. The van der Waals surface area contributed by atoms with Gasteiger partial charge in [-0.15, -0.1) is 0 Å². The first kappa shape index (κ1) is 13.8. The summed E-state index contributed by atoms with van der Waals surface area (Å²) in [5, 5.41) is 12.4. The summed E-state index contributed by atoms with van der Waals surface area (Å²) in [6, 6.07) is 4.78. The van der Waals surface area contributed by atoms with Gasteiger partial charge in [-0.1, -0.05) is 11.6 Å². The minimum atomic E-state index is -0.392. The van der Waals surface area contributed by atoms with Gasteiger partial charge < -0.3 is 15.2 Å². The van der Waals surface area contributed by atoms with Crippen LogP contribution in [0.5, 0.6) is 0 Å². The first-order valence-corrected chi connectivity index (χ1v) is 5.80. The fourth-order valence-corrected chi connectivity index (χ4v) is 1.52. The summed E-state index contributed by atoms with van der Waals surface area (Å²) in [7, 11) is 0. The van der Waals surface area contributed by atoms with Gasteiger partial charge in [0.15, 0.2) is 0 Å². The quantitative estimate of drug-likeness (QED) is 0.795. The lowest BCUT2D eigenvalue weighted by atomic mass is 10.2. The molecule has 0 aliphatic carbocycles. The number of benzene rings is 1. The third-order valence-corrected chi connectivity index (χ3v) is 2.47. The summed E-state index contributed by atoms with van der Waals surface area (Å²) < 4.78 is 4.87. The standard InChI is InChI=1S/C12H16ClNO3/c1-3-17-12(16)9-4-5-11(10(13)6-9)14-8(2)7-15/h4-6,8,14-15H,3,7H2,1-2H3.